The normalized spacial score (nSPS) is 52.3. The summed E-state index contributed by atoms with van der Waals surface area (Å²) in [6.45, 7) is 16.6. The van der Waals surface area contributed by atoms with Gasteiger partial charge in [0, 0.05) is 63.3 Å². The zero-order valence-electron chi connectivity index (χ0n) is 35.7. The largest absolute Gasteiger partial charge is 0.481 e. The molecule has 0 aromatic heterocycles. The summed E-state index contributed by atoms with van der Waals surface area (Å²) in [6.07, 6.45) is 12.8. The van der Waals surface area contributed by atoms with E-state index in [1.165, 1.54) is 0 Å². The van der Waals surface area contributed by atoms with E-state index in [-0.39, 0.29) is 55.0 Å². The Morgan fingerprint density at radius 1 is 0.932 bits per heavy atom. The maximum atomic E-state index is 12.1. The van der Waals surface area contributed by atoms with E-state index < -0.39 is 59.4 Å². The van der Waals surface area contributed by atoms with Gasteiger partial charge in [-0.3, -0.25) is 10.1 Å². The maximum absolute atomic E-state index is 12.1. The molecule has 9 aliphatic heterocycles. The van der Waals surface area contributed by atoms with Gasteiger partial charge < -0.3 is 53.2 Å². The summed E-state index contributed by atoms with van der Waals surface area (Å²) in [5.74, 6) is -3.94. The fourth-order valence-corrected chi connectivity index (χ4v) is 12.4. The third-order valence-electron chi connectivity index (χ3n) is 15.5. The molecule has 0 aliphatic carbocycles. The fourth-order valence-electron chi connectivity index (χ4n) is 12.4. The lowest BCUT2D eigenvalue weighted by atomic mass is 9.78. The van der Waals surface area contributed by atoms with Crippen LogP contribution >= 0.6 is 0 Å². The molecule has 330 valence electrons. The fraction of sp³-hybridized carbons (Fsp3) is 0.848. The topological polar surface area (TPSA) is 164 Å². The molecule has 0 aromatic carbocycles. The van der Waals surface area contributed by atoms with Gasteiger partial charge in [0.15, 0.2) is 29.4 Å². The van der Waals surface area contributed by atoms with Crippen LogP contribution in [0.4, 0.5) is 0 Å². The zero-order valence-corrected chi connectivity index (χ0v) is 35.7. The van der Waals surface area contributed by atoms with Crippen molar-refractivity contribution in [3.63, 3.8) is 0 Å². The Kier molecular flexibility index (Phi) is 11.4. The van der Waals surface area contributed by atoms with E-state index in [2.05, 4.69) is 52.6 Å². The Balaban J connectivity index is 0.832. The Hall–Kier alpha value is -1.75. The van der Waals surface area contributed by atoms with Crippen LogP contribution in [0.25, 0.3) is 0 Å². The molecule has 0 radical (unpaired) electrons. The van der Waals surface area contributed by atoms with Gasteiger partial charge in [0.1, 0.15) is 17.9 Å². The van der Waals surface area contributed by atoms with Crippen molar-refractivity contribution in [3.05, 3.63) is 36.5 Å². The van der Waals surface area contributed by atoms with Gasteiger partial charge in [0.25, 0.3) is 0 Å². The van der Waals surface area contributed by atoms with Crippen molar-refractivity contribution in [1.82, 2.24) is 5.32 Å². The van der Waals surface area contributed by atoms with E-state index >= 15 is 0 Å². The first-order chi connectivity index (χ1) is 28.0. The molecule has 9 rings (SSSR count). The number of carboxylic acids is 1. The highest BCUT2D eigenvalue weighted by Crippen LogP contribution is 2.56. The van der Waals surface area contributed by atoms with Gasteiger partial charge in [0.05, 0.1) is 30.5 Å². The van der Waals surface area contributed by atoms with Crippen molar-refractivity contribution in [2.75, 3.05) is 6.54 Å². The highest BCUT2D eigenvalue weighted by molar-refractivity contribution is 5.66. The Morgan fingerprint density at radius 3 is 2.54 bits per heavy atom. The predicted octanol–water partition coefficient (Wildman–Crippen LogP) is 6.21. The molecule has 2 bridgehead atoms. The van der Waals surface area contributed by atoms with Crippen molar-refractivity contribution in [2.24, 2.45) is 35.5 Å². The number of ether oxygens (including phenoxy) is 8. The zero-order chi connectivity index (χ0) is 41.5. The molecular weight excluding hydrogens is 759 g/mol. The molecule has 9 heterocycles. The summed E-state index contributed by atoms with van der Waals surface area (Å²) < 4.78 is 53.7. The average molecular weight is 828 g/mol. The summed E-state index contributed by atoms with van der Waals surface area (Å²) in [7, 11) is 0. The van der Waals surface area contributed by atoms with Gasteiger partial charge in [-0.2, -0.15) is 0 Å². The van der Waals surface area contributed by atoms with Gasteiger partial charge in [-0.1, -0.05) is 59.4 Å². The first-order valence-corrected chi connectivity index (χ1v) is 22.8. The van der Waals surface area contributed by atoms with E-state index in [1.807, 2.05) is 18.2 Å². The molecule has 4 N–H and O–H groups in total. The molecule has 3 spiro atoms. The number of carboxylic acid groups (broad SMARTS) is 1. The third-order valence-corrected chi connectivity index (χ3v) is 15.5. The summed E-state index contributed by atoms with van der Waals surface area (Å²) in [4.78, 5) is 10.9. The predicted molar refractivity (Wildman–Crippen MR) is 214 cm³/mol. The van der Waals surface area contributed by atoms with Crippen LogP contribution in [-0.2, 0) is 42.7 Å². The number of hydrogen-bond acceptors (Lipinski definition) is 12. The standard InChI is InChI=1S/C46H69NO12/c1-26-19-34-39-36(24-44(56-39)30(5)18-27(2)25-47-44)55-43(22-26,54-34)23-29(4)38-28(3)13-15-45(51,57-38)40(50)35-21-32-20-31(6)46(58-41(32)52-35)17-16-42(59-46)14-9-11-33(53-42)10-7-8-12-37(48)49/h7,9-10,14,26-28,30-36,38-41,47,50-51H,4,8,11-13,15-25H2,1-3,5-6H3,(H,48,49). The van der Waals surface area contributed by atoms with Crippen LogP contribution in [-0.4, -0.2) is 106 Å². The lowest BCUT2D eigenvalue weighted by molar-refractivity contribution is -0.386. The van der Waals surface area contributed by atoms with Gasteiger partial charge >= 0.3 is 5.97 Å². The number of piperidine rings is 1. The van der Waals surface area contributed by atoms with Crippen molar-refractivity contribution in [1.29, 1.82) is 0 Å². The molecule has 0 saturated carbocycles. The van der Waals surface area contributed by atoms with Gasteiger partial charge in [-0.05, 0) is 80.3 Å². The minimum atomic E-state index is -1.84. The molecule has 0 amide bonds. The lowest BCUT2D eigenvalue weighted by Gasteiger charge is -2.52. The average Bonchev–Trinajstić information content (AvgIpc) is 3.86. The van der Waals surface area contributed by atoms with Crippen LogP contribution in [0.1, 0.15) is 125 Å². The number of aliphatic hydroxyl groups excluding tert-OH is 1. The van der Waals surface area contributed by atoms with Crippen LogP contribution in [0.5, 0.6) is 0 Å². The van der Waals surface area contributed by atoms with E-state index in [0.717, 1.165) is 44.2 Å². The highest BCUT2D eigenvalue weighted by Gasteiger charge is 2.63. The molecule has 13 nitrogen and oxygen atoms in total. The molecule has 19 atom stereocenters. The number of rotatable bonds is 9. The first-order valence-electron chi connectivity index (χ1n) is 22.8. The van der Waals surface area contributed by atoms with Crippen LogP contribution in [0.2, 0.25) is 0 Å². The molecule has 8 fully saturated rings. The van der Waals surface area contributed by atoms with Crippen molar-refractivity contribution in [2.45, 2.75) is 202 Å². The van der Waals surface area contributed by atoms with Crippen LogP contribution < -0.4 is 5.32 Å². The number of aliphatic carboxylic acids is 1. The van der Waals surface area contributed by atoms with Crippen LogP contribution in [0, 0.1) is 35.5 Å². The van der Waals surface area contributed by atoms with Gasteiger partial charge in [0.2, 0.25) is 0 Å². The monoisotopic (exact) mass is 827 g/mol. The molecule has 9 aliphatic rings. The number of carbonyl (C=O) groups is 1. The highest BCUT2D eigenvalue weighted by atomic mass is 16.8. The van der Waals surface area contributed by atoms with Crippen molar-refractivity contribution in [3.8, 4) is 0 Å². The van der Waals surface area contributed by atoms with Crippen molar-refractivity contribution >= 4 is 5.97 Å². The van der Waals surface area contributed by atoms with E-state index in [1.54, 1.807) is 0 Å². The van der Waals surface area contributed by atoms with Crippen LogP contribution in [0.15, 0.2) is 36.5 Å². The first kappa shape index (κ1) is 42.5. The Labute approximate surface area is 349 Å². The molecular formula is C46H69NO12. The molecule has 8 saturated heterocycles. The van der Waals surface area contributed by atoms with Crippen LogP contribution in [0.3, 0.4) is 0 Å². The van der Waals surface area contributed by atoms with E-state index in [0.29, 0.717) is 62.7 Å². The number of allylic oxidation sites excluding steroid dienone is 1. The van der Waals surface area contributed by atoms with E-state index in [4.69, 9.17) is 43.0 Å². The quantitative estimate of drug-likeness (QED) is 0.194. The summed E-state index contributed by atoms with van der Waals surface area (Å²) in [5, 5.41) is 36.8. The minimum Gasteiger partial charge on any atom is -0.481 e. The number of fused-ring (bicyclic) bond motifs is 5. The van der Waals surface area contributed by atoms with E-state index in [9.17, 15) is 15.0 Å². The summed E-state index contributed by atoms with van der Waals surface area (Å²) in [5.41, 5.74) is 0.396. The van der Waals surface area contributed by atoms with Gasteiger partial charge in [-0.15, -0.1) is 0 Å². The molecule has 59 heavy (non-hydrogen) atoms. The Morgan fingerprint density at radius 2 is 1.75 bits per heavy atom. The van der Waals surface area contributed by atoms with Gasteiger partial charge in [-0.25, -0.2) is 0 Å². The second-order valence-corrected chi connectivity index (χ2v) is 20.4. The summed E-state index contributed by atoms with van der Waals surface area (Å²) >= 11 is 0. The molecule has 19 unspecified atom stereocenters. The minimum absolute atomic E-state index is 0.0127. The lowest BCUT2D eigenvalue weighted by Crippen LogP contribution is -2.60. The second kappa shape index (κ2) is 15.8. The smallest absolute Gasteiger partial charge is 0.303 e. The SMILES string of the molecule is C=C(CC12CC(C)CC(O1)C1OC3(CC1O2)NCC(C)CC3C)C1OC(O)(C(O)C2CC3CC(C)C4(CCC5(C=CCC(C=CCCC(=O)O)O5)O4)OC3O2)CCC1C. The Bertz CT molecular complexity index is 1660. The maximum Gasteiger partial charge on any atom is 0.303 e. The number of nitrogens with one attached hydrogen (secondary N) is 1. The van der Waals surface area contributed by atoms with Crippen molar-refractivity contribution < 1.29 is 58.0 Å². The second-order valence-electron chi connectivity index (χ2n) is 20.4. The third kappa shape index (κ3) is 7.96. The summed E-state index contributed by atoms with van der Waals surface area (Å²) in [6, 6.07) is 0. The molecule has 13 heteroatoms. The number of aliphatic hydroxyl groups is 2. The molecule has 0 aromatic rings. The number of hydrogen-bond donors (Lipinski definition) is 4.